The van der Waals surface area contributed by atoms with Gasteiger partial charge in [0.05, 0.1) is 11.8 Å². The first-order chi connectivity index (χ1) is 13.0. The zero-order chi connectivity index (χ0) is 19.0. The standard InChI is InChI=1S/C22H24N2O3/c1-14-6-7-17-15(2)21(27-19(17)13-14)22(26)24-11-8-16(9-12-24)20(25)18-5-3-4-10-23-18/h3-7,10,13,16,20,25H,8-9,11-12H2,1-2H3/t20-/m0/s1. The third-order valence-electron chi connectivity index (χ3n) is 5.55. The summed E-state index contributed by atoms with van der Waals surface area (Å²) in [6.07, 6.45) is 2.62. The third kappa shape index (κ3) is 3.35. The molecular formula is C22H24N2O3. The number of likely N-dealkylation sites (tertiary alicyclic amines) is 1. The number of hydrogen-bond donors (Lipinski definition) is 1. The zero-order valence-electron chi connectivity index (χ0n) is 15.7. The maximum atomic E-state index is 13.0. The summed E-state index contributed by atoms with van der Waals surface area (Å²) < 4.78 is 5.89. The normalized spacial score (nSPS) is 16.6. The summed E-state index contributed by atoms with van der Waals surface area (Å²) in [6.45, 7) is 5.17. The lowest BCUT2D eigenvalue weighted by Crippen LogP contribution is -2.40. The van der Waals surface area contributed by atoms with Crippen LogP contribution in [-0.2, 0) is 0 Å². The van der Waals surface area contributed by atoms with Crippen LogP contribution in [0, 0.1) is 19.8 Å². The number of aliphatic hydroxyl groups excluding tert-OH is 1. The average molecular weight is 364 g/mol. The fourth-order valence-electron chi connectivity index (χ4n) is 3.89. The maximum Gasteiger partial charge on any atom is 0.289 e. The Morgan fingerprint density at radius 3 is 2.70 bits per heavy atom. The van der Waals surface area contributed by atoms with Gasteiger partial charge in [-0.3, -0.25) is 9.78 Å². The molecule has 2 aromatic heterocycles. The van der Waals surface area contributed by atoms with Gasteiger partial charge in [0.25, 0.3) is 5.91 Å². The van der Waals surface area contributed by atoms with E-state index in [1.54, 1.807) is 6.20 Å². The van der Waals surface area contributed by atoms with E-state index in [9.17, 15) is 9.90 Å². The summed E-state index contributed by atoms with van der Waals surface area (Å²) in [5.41, 5.74) is 3.47. The Morgan fingerprint density at radius 2 is 2.00 bits per heavy atom. The van der Waals surface area contributed by atoms with Crippen molar-refractivity contribution in [2.24, 2.45) is 5.92 Å². The van der Waals surface area contributed by atoms with Crippen LogP contribution >= 0.6 is 0 Å². The molecule has 27 heavy (non-hydrogen) atoms. The summed E-state index contributed by atoms with van der Waals surface area (Å²) >= 11 is 0. The van der Waals surface area contributed by atoms with Crippen LogP contribution in [0.15, 0.2) is 47.0 Å². The molecule has 0 radical (unpaired) electrons. The minimum absolute atomic E-state index is 0.0628. The molecule has 140 valence electrons. The number of nitrogens with zero attached hydrogens (tertiary/aromatic N) is 2. The van der Waals surface area contributed by atoms with Gasteiger partial charge < -0.3 is 14.4 Å². The van der Waals surface area contributed by atoms with Gasteiger partial charge in [0, 0.05) is 30.2 Å². The van der Waals surface area contributed by atoms with E-state index in [1.165, 1.54) is 0 Å². The van der Waals surface area contributed by atoms with Gasteiger partial charge in [-0.25, -0.2) is 0 Å². The van der Waals surface area contributed by atoms with Gasteiger partial charge >= 0.3 is 0 Å². The van der Waals surface area contributed by atoms with Gasteiger partial charge in [-0.15, -0.1) is 0 Å². The van der Waals surface area contributed by atoms with Crippen molar-refractivity contribution in [3.8, 4) is 0 Å². The van der Waals surface area contributed by atoms with Crippen LogP contribution in [0.4, 0.5) is 0 Å². The lowest BCUT2D eigenvalue weighted by Gasteiger charge is -2.33. The summed E-state index contributed by atoms with van der Waals surface area (Å²) in [6, 6.07) is 11.6. The molecule has 3 heterocycles. The van der Waals surface area contributed by atoms with Gasteiger partial charge in [0.1, 0.15) is 5.58 Å². The average Bonchev–Trinajstić information content (AvgIpc) is 3.03. The van der Waals surface area contributed by atoms with Crippen LogP contribution in [-0.4, -0.2) is 34.0 Å². The number of rotatable bonds is 3. The van der Waals surface area contributed by atoms with Gasteiger partial charge in [-0.2, -0.15) is 0 Å². The van der Waals surface area contributed by atoms with E-state index in [0.717, 1.165) is 34.9 Å². The van der Waals surface area contributed by atoms with E-state index < -0.39 is 6.10 Å². The van der Waals surface area contributed by atoms with E-state index in [2.05, 4.69) is 4.98 Å². The van der Waals surface area contributed by atoms with Crippen molar-refractivity contribution in [2.75, 3.05) is 13.1 Å². The molecule has 1 aromatic carbocycles. The molecule has 1 aliphatic rings. The van der Waals surface area contributed by atoms with E-state index in [0.29, 0.717) is 24.5 Å². The largest absolute Gasteiger partial charge is 0.451 e. The smallest absolute Gasteiger partial charge is 0.289 e. The van der Waals surface area contributed by atoms with E-state index in [1.807, 2.05) is 55.1 Å². The van der Waals surface area contributed by atoms with E-state index in [-0.39, 0.29) is 11.8 Å². The molecule has 5 nitrogen and oxygen atoms in total. The Morgan fingerprint density at radius 1 is 1.22 bits per heavy atom. The first-order valence-electron chi connectivity index (χ1n) is 9.42. The number of furan rings is 1. The molecule has 3 aromatic rings. The Balaban J connectivity index is 1.47. The molecule has 0 unspecified atom stereocenters. The summed E-state index contributed by atoms with van der Waals surface area (Å²) in [5, 5.41) is 11.6. The van der Waals surface area contributed by atoms with Crippen molar-refractivity contribution in [2.45, 2.75) is 32.8 Å². The number of aryl methyl sites for hydroxylation is 2. The molecule has 1 amide bonds. The number of piperidine rings is 1. The SMILES string of the molecule is Cc1ccc2c(C)c(C(=O)N3CCC([C@H](O)c4ccccn4)CC3)oc2c1. The predicted octanol–water partition coefficient (Wildman–Crippen LogP) is 4.03. The highest BCUT2D eigenvalue weighted by Gasteiger charge is 2.31. The van der Waals surface area contributed by atoms with Gasteiger partial charge in [-0.1, -0.05) is 18.2 Å². The number of aromatic nitrogens is 1. The first-order valence-corrected chi connectivity index (χ1v) is 9.42. The number of carbonyl (C=O) groups excluding carboxylic acids is 1. The molecule has 0 aliphatic carbocycles. The van der Waals surface area contributed by atoms with Crippen LogP contribution < -0.4 is 0 Å². The second-order valence-corrected chi connectivity index (χ2v) is 7.38. The van der Waals surface area contributed by atoms with Crippen molar-refractivity contribution in [3.63, 3.8) is 0 Å². The number of pyridine rings is 1. The number of carbonyl (C=O) groups is 1. The van der Waals surface area contributed by atoms with Crippen LogP contribution in [0.2, 0.25) is 0 Å². The first kappa shape index (κ1) is 17.7. The van der Waals surface area contributed by atoms with Crippen molar-refractivity contribution >= 4 is 16.9 Å². The summed E-state index contributed by atoms with van der Waals surface area (Å²) in [5.74, 6) is 0.481. The Labute approximate surface area is 158 Å². The second-order valence-electron chi connectivity index (χ2n) is 7.38. The third-order valence-corrected chi connectivity index (χ3v) is 5.55. The molecule has 1 aliphatic heterocycles. The minimum Gasteiger partial charge on any atom is -0.451 e. The number of aliphatic hydroxyl groups is 1. The Hall–Kier alpha value is -2.66. The van der Waals surface area contributed by atoms with Crippen molar-refractivity contribution in [3.05, 3.63) is 65.2 Å². The molecule has 0 bridgehead atoms. The Bertz CT molecular complexity index is 956. The van der Waals surface area contributed by atoms with E-state index in [4.69, 9.17) is 4.42 Å². The highest BCUT2D eigenvalue weighted by molar-refractivity contribution is 5.99. The molecule has 0 saturated carbocycles. The van der Waals surface area contributed by atoms with Crippen molar-refractivity contribution < 1.29 is 14.3 Å². The quantitative estimate of drug-likeness (QED) is 0.762. The molecule has 1 N–H and O–H groups in total. The summed E-state index contributed by atoms with van der Waals surface area (Å²) in [7, 11) is 0. The number of benzene rings is 1. The van der Waals surface area contributed by atoms with Crippen LogP contribution in [0.3, 0.4) is 0 Å². The predicted molar refractivity (Wildman–Crippen MR) is 104 cm³/mol. The van der Waals surface area contributed by atoms with Crippen LogP contribution in [0.5, 0.6) is 0 Å². The van der Waals surface area contributed by atoms with Crippen molar-refractivity contribution in [1.29, 1.82) is 0 Å². The molecule has 1 saturated heterocycles. The molecule has 0 spiro atoms. The molecule has 1 fully saturated rings. The Kier molecular flexibility index (Phi) is 4.70. The lowest BCUT2D eigenvalue weighted by molar-refractivity contribution is 0.0429. The summed E-state index contributed by atoms with van der Waals surface area (Å²) in [4.78, 5) is 19.1. The van der Waals surface area contributed by atoms with Gasteiger partial charge in [0.15, 0.2) is 5.76 Å². The maximum absolute atomic E-state index is 13.0. The highest BCUT2D eigenvalue weighted by Crippen LogP contribution is 2.32. The molecule has 1 atom stereocenters. The lowest BCUT2D eigenvalue weighted by atomic mass is 9.89. The zero-order valence-corrected chi connectivity index (χ0v) is 15.7. The molecular weight excluding hydrogens is 340 g/mol. The second kappa shape index (κ2) is 7.16. The van der Waals surface area contributed by atoms with Crippen LogP contribution in [0.25, 0.3) is 11.0 Å². The fraction of sp³-hybridized carbons (Fsp3) is 0.364. The number of amides is 1. The molecule has 4 rings (SSSR count). The van der Waals surface area contributed by atoms with E-state index >= 15 is 0 Å². The fourth-order valence-corrected chi connectivity index (χ4v) is 3.89. The number of fused-ring (bicyclic) bond motifs is 1. The minimum atomic E-state index is -0.584. The number of hydrogen-bond acceptors (Lipinski definition) is 4. The topological polar surface area (TPSA) is 66.6 Å². The molecule has 5 heteroatoms. The van der Waals surface area contributed by atoms with Gasteiger partial charge in [-0.05, 0) is 56.4 Å². The monoisotopic (exact) mass is 364 g/mol. The van der Waals surface area contributed by atoms with Crippen molar-refractivity contribution in [1.82, 2.24) is 9.88 Å². The van der Waals surface area contributed by atoms with Gasteiger partial charge in [0.2, 0.25) is 0 Å². The highest BCUT2D eigenvalue weighted by atomic mass is 16.3. The van der Waals surface area contributed by atoms with Crippen LogP contribution in [0.1, 0.15) is 46.3 Å².